The molecule has 0 fully saturated rings. The number of methoxy groups -OCH3 is 2. The van der Waals surface area contributed by atoms with Crippen LogP contribution in [-0.4, -0.2) is 25.9 Å². The van der Waals surface area contributed by atoms with Gasteiger partial charge in [0, 0.05) is 23.3 Å². The number of anilines is 2. The van der Waals surface area contributed by atoms with Gasteiger partial charge < -0.3 is 14.8 Å². The van der Waals surface area contributed by atoms with E-state index in [-0.39, 0.29) is 17.6 Å². The van der Waals surface area contributed by atoms with E-state index in [2.05, 4.69) is 5.32 Å². The summed E-state index contributed by atoms with van der Waals surface area (Å²) in [7, 11) is 3.22. The minimum absolute atomic E-state index is 0.00961. The van der Waals surface area contributed by atoms with E-state index in [0.717, 1.165) is 28.2 Å². The first-order chi connectivity index (χ1) is 16.6. The minimum Gasteiger partial charge on any atom is -0.493 e. The molecular weight excluding hydrogens is 428 g/mol. The summed E-state index contributed by atoms with van der Waals surface area (Å²) >= 11 is 0. The van der Waals surface area contributed by atoms with E-state index in [4.69, 9.17) is 9.47 Å². The monoisotopic (exact) mass is 452 g/mol. The van der Waals surface area contributed by atoms with Gasteiger partial charge in [0.1, 0.15) is 0 Å². The molecule has 0 unspecified atom stereocenters. The fourth-order valence-corrected chi connectivity index (χ4v) is 5.51. The lowest BCUT2D eigenvalue weighted by Gasteiger charge is -2.31. The molecule has 0 aromatic heterocycles. The van der Waals surface area contributed by atoms with Crippen molar-refractivity contribution in [3.8, 4) is 11.5 Å². The Morgan fingerprint density at radius 2 is 1.65 bits per heavy atom. The summed E-state index contributed by atoms with van der Waals surface area (Å²) in [6.45, 7) is 0. The Morgan fingerprint density at radius 1 is 0.882 bits per heavy atom. The first-order valence-electron chi connectivity index (χ1n) is 11.4. The standard InChI is InChI=1S/C28H24N2O4/c1-33-24-12-11-16(15-25(24)34-2)17-13-21-26(23(31)14-17)27-18-7-3-4-8-19(18)28(32)30(27)22-10-6-5-9-20(22)29-21/h3-12,15,17,27,29H,13-14H2,1-2H3/t17-,27-/m0/s1. The third kappa shape index (κ3) is 2.95. The van der Waals surface area contributed by atoms with Gasteiger partial charge in [-0.05, 0) is 53.8 Å². The van der Waals surface area contributed by atoms with Crippen LogP contribution in [0.5, 0.6) is 11.5 Å². The molecule has 0 spiro atoms. The van der Waals surface area contributed by atoms with Crippen LogP contribution >= 0.6 is 0 Å². The van der Waals surface area contributed by atoms with E-state index in [1.807, 2.05) is 66.7 Å². The number of para-hydroxylation sites is 2. The normalized spacial score (nSPS) is 20.6. The van der Waals surface area contributed by atoms with E-state index >= 15 is 0 Å². The molecule has 0 saturated heterocycles. The predicted molar refractivity (Wildman–Crippen MR) is 130 cm³/mol. The maximum atomic E-state index is 13.8. The smallest absolute Gasteiger partial charge is 0.259 e. The number of benzene rings is 3. The summed E-state index contributed by atoms with van der Waals surface area (Å²) in [5.41, 5.74) is 5.75. The highest BCUT2D eigenvalue weighted by Gasteiger charge is 2.46. The van der Waals surface area contributed by atoms with Crippen LogP contribution in [0.1, 0.15) is 46.3 Å². The fourth-order valence-electron chi connectivity index (χ4n) is 5.51. The number of ether oxygens (including phenoxy) is 2. The average molecular weight is 453 g/mol. The Hall–Kier alpha value is -4.06. The average Bonchev–Trinajstić information content (AvgIpc) is 3.06. The summed E-state index contributed by atoms with van der Waals surface area (Å²) in [5.74, 6) is 1.28. The highest BCUT2D eigenvalue weighted by atomic mass is 16.5. The Labute approximate surface area is 197 Å². The summed E-state index contributed by atoms with van der Waals surface area (Å²) < 4.78 is 10.9. The number of hydrogen-bond acceptors (Lipinski definition) is 5. The molecule has 2 aliphatic heterocycles. The highest BCUT2D eigenvalue weighted by molar-refractivity contribution is 6.16. The van der Waals surface area contributed by atoms with Gasteiger partial charge in [-0.2, -0.15) is 0 Å². The lowest BCUT2D eigenvalue weighted by atomic mass is 9.78. The molecule has 0 radical (unpaired) electrons. The second-order valence-corrected chi connectivity index (χ2v) is 8.84. The van der Waals surface area contributed by atoms with Crippen LogP contribution in [0.4, 0.5) is 11.4 Å². The fraction of sp³-hybridized carbons (Fsp3) is 0.214. The number of amides is 1. The van der Waals surface area contributed by atoms with Crippen molar-refractivity contribution in [2.24, 2.45) is 0 Å². The maximum Gasteiger partial charge on any atom is 0.259 e. The van der Waals surface area contributed by atoms with Crippen molar-refractivity contribution in [3.05, 3.63) is 94.7 Å². The van der Waals surface area contributed by atoms with E-state index < -0.39 is 6.04 Å². The molecule has 0 saturated carbocycles. The second kappa shape index (κ2) is 7.76. The third-order valence-corrected chi connectivity index (χ3v) is 7.07. The van der Waals surface area contributed by atoms with Gasteiger partial charge in [0.2, 0.25) is 0 Å². The Kier molecular flexibility index (Phi) is 4.69. The number of hydrogen-bond donors (Lipinski definition) is 1. The number of fused-ring (bicyclic) bond motifs is 6. The molecule has 1 aliphatic carbocycles. The zero-order valence-electron chi connectivity index (χ0n) is 19.0. The first-order valence-corrected chi connectivity index (χ1v) is 11.4. The maximum absolute atomic E-state index is 13.8. The van der Waals surface area contributed by atoms with Crippen molar-refractivity contribution in [2.45, 2.75) is 24.8 Å². The number of Topliss-reactive ketones (excluding diaryl/α,β-unsaturated/α-hetero) is 1. The largest absolute Gasteiger partial charge is 0.493 e. The molecule has 3 aromatic carbocycles. The lowest BCUT2D eigenvalue weighted by molar-refractivity contribution is -0.116. The summed E-state index contributed by atoms with van der Waals surface area (Å²) in [6, 6.07) is 20.8. The van der Waals surface area contributed by atoms with Crippen molar-refractivity contribution in [2.75, 3.05) is 24.4 Å². The topological polar surface area (TPSA) is 67.9 Å². The van der Waals surface area contributed by atoms with Crippen molar-refractivity contribution in [3.63, 3.8) is 0 Å². The van der Waals surface area contributed by atoms with Crippen LogP contribution in [0, 0.1) is 0 Å². The highest BCUT2D eigenvalue weighted by Crippen LogP contribution is 2.51. The molecule has 0 bridgehead atoms. The molecule has 1 N–H and O–H groups in total. The van der Waals surface area contributed by atoms with Crippen molar-refractivity contribution in [1.82, 2.24) is 0 Å². The van der Waals surface area contributed by atoms with Crippen molar-refractivity contribution < 1.29 is 19.1 Å². The number of nitrogens with zero attached hydrogens (tertiary/aromatic N) is 1. The van der Waals surface area contributed by atoms with Crippen LogP contribution < -0.4 is 19.7 Å². The molecule has 1 amide bonds. The number of carbonyl (C=O) groups excluding carboxylic acids is 2. The molecular formula is C28H24N2O4. The molecule has 6 rings (SSSR count). The first kappa shape index (κ1) is 20.5. The van der Waals surface area contributed by atoms with Crippen LogP contribution in [-0.2, 0) is 4.79 Å². The van der Waals surface area contributed by atoms with Gasteiger partial charge in [-0.15, -0.1) is 0 Å². The summed E-state index contributed by atoms with van der Waals surface area (Å²) in [6.07, 6.45) is 1.03. The molecule has 6 nitrogen and oxygen atoms in total. The summed E-state index contributed by atoms with van der Waals surface area (Å²) in [5, 5.41) is 3.53. The summed E-state index contributed by atoms with van der Waals surface area (Å²) in [4.78, 5) is 29.0. The van der Waals surface area contributed by atoms with E-state index in [1.54, 1.807) is 19.1 Å². The SMILES string of the molecule is COc1ccc([C@@H]2CC(=O)C3=C(C2)Nc2ccccc2N2C(=O)c4ccccc4[C@@H]32)cc1OC. The van der Waals surface area contributed by atoms with Gasteiger partial charge in [0.25, 0.3) is 5.91 Å². The van der Waals surface area contributed by atoms with E-state index in [1.165, 1.54) is 0 Å². The number of ketones is 1. The molecule has 3 aromatic rings. The van der Waals surface area contributed by atoms with Gasteiger partial charge >= 0.3 is 0 Å². The lowest BCUT2D eigenvalue weighted by Crippen LogP contribution is -2.32. The van der Waals surface area contributed by atoms with Gasteiger partial charge in [-0.3, -0.25) is 14.5 Å². The minimum atomic E-state index is -0.422. The number of carbonyl (C=O) groups is 2. The van der Waals surface area contributed by atoms with E-state index in [9.17, 15) is 9.59 Å². The van der Waals surface area contributed by atoms with Crippen molar-refractivity contribution >= 4 is 23.1 Å². The Balaban J connectivity index is 1.49. The molecule has 3 aliphatic rings. The zero-order chi connectivity index (χ0) is 23.4. The van der Waals surface area contributed by atoms with Crippen LogP contribution in [0.25, 0.3) is 0 Å². The van der Waals surface area contributed by atoms with Gasteiger partial charge in [0.05, 0.1) is 31.6 Å². The number of allylic oxidation sites excluding steroid dienone is 1. The Bertz CT molecular complexity index is 1380. The quantitative estimate of drug-likeness (QED) is 0.589. The molecule has 2 atom stereocenters. The van der Waals surface area contributed by atoms with Crippen molar-refractivity contribution in [1.29, 1.82) is 0 Å². The molecule has 34 heavy (non-hydrogen) atoms. The second-order valence-electron chi connectivity index (χ2n) is 8.84. The number of rotatable bonds is 3. The molecule has 2 heterocycles. The van der Waals surface area contributed by atoms with Crippen LogP contribution in [0.2, 0.25) is 0 Å². The molecule has 170 valence electrons. The van der Waals surface area contributed by atoms with Crippen LogP contribution in [0.15, 0.2) is 78.0 Å². The number of nitrogens with one attached hydrogen (secondary N) is 1. The zero-order valence-corrected chi connectivity index (χ0v) is 19.0. The van der Waals surface area contributed by atoms with Gasteiger partial charge in [-0.25, -0.2) is 0 Å². The Morgan fingerprint density at radius 3 is 2.47 bits per heavy atom. The van der Waals surface area contributed by atoms with E-state index in [0.29, 0.717) is 35.5 Å². The van der Waals surface area contributed by atoms with Crippen LogP contribution in [0.3, 0.4) is 0 Å². The van der Waals surface area contributed by atoms with Gasteiger partial charge in [0.15, 0.2) is 17.3 Å². The molecule has 6 heteroatoms. The predicted octanol–water partition coefficient (Wildman–Crippen LogP) is 5.23. The van der Waals surface area contributed by atoms with Gasteiger partial charge in [-0.1, -0.05) is 36.4 Å². The third-order valence-electron chi connectivity index (χ3n) is 7.07.